The van der Waals surface area contributed by atoms with Crippen molar-refractivity contribution >= 4 is 28.2 Å². The number of likely N-dealkylation sites (N-methyl/N-ethyl adjacent to an activating group) is 1. The van der Waals surface area contributed by atoms with Gasteiger partial charge in [0.05, 0.1) is 24.5 Å². The van der Waals surface area contributed by atoms with E-state index in [1.807, 2.05) is 49.4 Å². The molecule has 1 saturated heterocycles. The van der Waals surface area contributed by atoms with Crippen LogP contribution in [0.25, 0.3) is 11.0 Å². The molecule has 9 heteroatoms. The van der Waals surface area contributed by atoms with Crippen LogP contribution in [0.3, 0.4) is 0 Å². The molecular weight excluding hydrogens is 466 g/mol. The van der Waals surface area contributed by atoms with E-state index >= 15 is 0 Å². The number of fused-ring (bicyclic) bond motifs is 1. The zero-order chi connectivity index (χ0) is 25.9. The number of hydrogen-bond acceptors (Lipinski definition) is 9. The van der Waals surface area contributed by atoms with Gasteiger partial charge in [-0.25, -0.2) is 4.98 Å². The highest BCUT2D eigenvalue weighted by molar-refractivity contribution is 5.89. The fraction of sp³-hybridized carbons (Fsp3) is 0.286. The van der Waals surface area contributed by atoms with Gasteiger partial charge in [-0.2, -0.15) is 5.26 Å². The molecule has 1 aliphatic heterocycles. The van der Waals surface area contributed by atoms with Crippen LogP contribution in [0.2, 0.25) is 0 Å². The molecule has 0 aliphatic carbocycles. The molecule has 1 fully saturated rings. The quantitative estimate of drug-likeness (QED) is 0.384. The van der Waals surface area contributed by atoms with Gasteiger partial charge in [-0.15, -0.1) is 0 Å². The third-order valence-electron chi connectivity index (χ3n) is 6.54. The Hall–Kier alpha value is -4.42. The first kappa shape index (κ1) is 24.3. The van der Waals surface area contributed by atoms with Crippen LogP contribution in [0.4, 0.5) is 17.2 Å². The Morgan fingerprint density at radius 1 is 1.08 bits per heavy atom. The van der Waals surface area contributed by atoms with Gasteiger partial charge in [0.1, 0.15) is 29.6 Å². The largest absolute Gasteiger partial charge is 0.493 e. The second-order valence-corrected chi connectivity index (χ2v) is 9.31. The van der Waals surface area contributed by atoms with Crippen LogP contribution in [-0.2, 0) is 6.61 Å². The highest BCUT2D eigenvalue weighted by Crippen LogP contribution is 2.34. The van der Waals surface area contributed by atoms with Gasteiger partial charge < -0.3 is 24.6 Å². The molecule has 0 bridgehead atoms. The van der Waals surface area contributed by atoms with Crippen LogP contribution < -0.4 is 19.7 Å². The smallest absolute Gasteiger partial charge is 0.162 e. The van der Waals surface area contributed by atoms with Crippen molar-refractivity contribution in [3.05, 3.63) is 71.7 Å². The second-order valence-electron chi connectivity index (χ2n) is 9.31. The highest BCUT2D eigenvalue weighted by Gasteiger charge is 2.29. The number of pyridine rings is 1. The van der Waals surface area contributed by atoms with E-state index < -0.39 is 0 Å². The molecule has 2 aromatic carbocycles. The predicted octanol–water partition coefficient (Wildman–Crippen LogP) is 4.29. The number of nitriles is 1. The Kier molecular flexibility index (Phi) is 6.75. The lowest BCUT2D eigenvalue weighted by Gasteiger charge is -2.43. The lowest BCUT2D eigenvalue weighted by atomic mass is 10.1. The standard InChI is InChI=1S/C28H29N7O2/c1-18-5-6-19(13-30-18)17-37-25-10-7-20(11-26(25)36-4)32-23-8-9-24-28(22(23)12-29)33-27(14-31-24)35-15-21(16-35)34(2)3/h5-11,13-14,21,32H,15-17H2,1-4H3. The van der Waals surface area contributed by atoms with Crippen molar-refractivity contribution in [3.63, 3.8) is 0 Å². The number of aromatic nitrogens is 3. The second kappa shape index (κ2) is 10.3. The first-order valence-corrected chi connectivity index (χ1v) is 12.1. The molecule has 0 saturated carbocycles. The van der Waals surface area contributed by atoms with Crippen LogP contribution >= 0.6 is 0 Å². The predicted molar refractivity (Wildman–Crippen MR) is 144 cm³/mol. The molecule has 3 heterocycles. The summed E-state index contributed by atoms with van der Waals surface area (Å²) in [6.45, 7) is 4.11. The summed E-state index contributed by atoms with van der Waals surface area (Å²) >= 11 is 0. The Bertz CT molecular complexity index is 1460. The number of aryl methyl sites for hydroxylation is 1. The van der Waals surface area contributed by atoms with Gasteiger partial charge in [-0.3, -0.25) is 9.97 Å². The molecule has 0 radical (unpaired) electrons. The normalized spacial score (nSPS) is 13.4. The monoisotopic (exact) mass is 495 g/mol. The Morgan fingerprint density at radius 3 is 2.62 bits per heavy atom. The number of methoxy groups -OCH3 is 1. The number of nitrogens with one attached hydrogen (secondary N) is 1. The van der Waals surface area contributed by atoms with E-state index in [4.69, 9.17) is 14.5 Å². The topological polar surface area (TPSA) is 99.4 Å². The molecule has 1 N–H and O–H groups in total. The highest BCUT2D eigenvalue weighted by atomic mass is 16.5. The van der Waals surface area contributed by atoms with Crippen LogP contribution in [0, 0.1) is 18.3 Å². The van der Waals surface area contributed by atoms with E-state index in [1.165, 1.54) is 0 Å². The molecule has 188 valence electrons. The average molecular weight is 496 g/mol. The number of anilines is 3. The molecule has 0 unspecified atom stereocenters. The Morgan fingerprint density at radius 2 is 1.92 bits per heavy atom. The van der Waals surface area contributed by atoms with Gasteiger partial charge in [0.15, 0.2) is 11.5 Å². The van der Waals surface area contributed by atoms with E-state index in [9.17, 15) is 5.26 Å². The summed E-state index contributed by atoms with van der Waals surface area (Å²) in [6.07, 6.45) is 3.58. The third kappa shape index (κ3) is 5.10. The molecule has 2 aromatic heterocycles. The maximum atomic E-state index is 10.0. The minimum absolute atomic E-state index is 0.382. The summed E-state index contributed by atoms with van der Waals surface area (Å²) in [5.41, 5.74) is 5.06. The molecule has 1 aliphatic rings. The number of rotatable bonds is 8. The summed E-state index contributed by atoms with van der Waals surface area (Å²) < 4.78 is 11.5. The fourth-order valence-electron chi connectivity index (χ4n) is 4.17. The van der Waals surface area contributed by atoms with Gasteiger partial charge in [0.25, 0.3) is 0 Å². The van der Waals surface area contributed by atoms with Crippen molar-refractivity contribution in [3.8, 4) is 17.6 Å². The number of hydrogen-bond donors (Lipinski definition) is 1. The fourth-order valence-corrected chi connectivity index (χ4v) is 4.17. The molecule has 37 heavy (non-hydrogen) atoms. The first-order chi connectivity index (χ1) is 17.9. The van der Waals surface area contributed by atoms with Crippen LogP contribution in [0.1, 0.15) is 16.8 Å². The molecule has 5 rings (SSSR count). The minimum Gasteiger partial charge on any atom is -0.493 e. The minimum atomic E-state index is 0.382. The summed E-state index contributed by atoms with van der Waals surface area (Å²) in [6, 6.07) is 16.1. The van der Waals surface area contributed by atoms with Crippen molar-refractivity contribution in [1.29, 1.82) is 5.26 Å². The average Bonchev–Trinajstić information content (AvgIpc) is 2.87. The van der Waals surface area contributed by atoms with E-state index in [0.717, 1.165) is 35.9 Å². The van der Waals surface area contributed by atoms with E-state index in [-0.39, 0.29) is 0 Å². The number of ether oxygens (including phenoxy) is 2. The summed E-state index contributed by atoms with van der Waals surface area (Å²) in [4.78, 5) is 18.1. The van der Waals surface area contributed by atoms with E-state index in [0.29, 0.717) is 46.4 Å². The van der Waals surface area contributed by atoms with E-state index in [2.05, 4.69) is 45.2 Å². The SMILES string of the molecule is COc1cc(Nc2ccc3ncc(N4CC(N(C)C)C4)nc3c2C#N)ccc1OCc1ccc(C)nc1. The van der Waals surface area contributed by atoms with E-state index in [1.54, 1.807) is 19.5 Å². The third-order valence-corrected chi connectivity index (χ3v) is 6.54. The molecule has 0 atom stereocenters. The summed E-state index contributed by atoms with van der Waals surface area (Å²) in [5, 5.41) is 13.4. The molecule has 4 aromatic rings. The molecular formula is C28H29N7O2. The van der Waals surface area contributed by atoms with Crippen molar-refractivity contribution in [1.82, 2.24) is 19.9 Å². The van der Waals surface area contributed by atoms with Crippen molar-refractivity contribution in [2.45, 2.75) is 19.6 Å². The Labute approximate surface area is 216 Å². The van der Waals surface area contributed by atoms with Gasteiger partial charge in [0.2, 0.25) is 0 Å². The first-order valence-electron chi connectivity index (χ1n) is 12.1. The van der Waals surface area contributed by atoms with Crippen LogP contribution in [0.5, 0.6) is 11.5 Å². The molecule has 0 spiro atoms. The Balaban J connectivity index is 1.36. The van der Waals surface area contributed by atoms with Crippen LogP contribution in [-0.4, -0.2) is 60.2 Å². The molecule has 0 amide bonds. The summed E-state index contributed by atoms with van der Waals surface area (Å²) in [5.74, 6) is 1.99. The van der Waals surface area contributed by atoms with Gasteiger partial charge in [-0.05, 0) is 51.4 Å². The van der Waals surface area contributed by atoms with Gasteiger partial charge in [0, 0.05) is 48.3 Å². The lowest BCUT2D eigenvalue weighted by molar-refractivity contribution is 0.246. The van der Waals surface area contributed by atoms with Crippen molar-refractivity contribution in [2.24, 2.45) is 0 Å². The van der Waals surface area contributed by atoms with Crippen molar-refractivity contribution in [2.75, 3.05) is 44.5 Å². The maximum Gasteiger partial charge on any atom is 0.162 e. The zero-order valence-electron chi connectivity index (χ0n) is 21.4. The van der Waals surface area contributed by atoms with Gasteiger partial charge in [-0.1, -0.05) is 6.07 Å². The lowest BCUT2D eigenvalue weighted by Crippen LogP contribution is -2.57. The van der Waals surface area contributed by atoms with Crippen LogP contribution in [0.15, 0.2) is 54.9 Å². The number of benzene rings is 2. The van der Waals surface area contributed by atoms with Gasteiger partial charge >= 0.3 is 0 Å². The van der Waals surface area contributed by atoms with Crippen molar-refractivity contribution < 1.29 is 9.47 Å². The number of nitrogens with zero attached hydrogens (tertiary/aromatic N) is 6. The molecule has 9 nitrogen and oxygen atoms in total. The zero-order valence-corrected chi connectivity index (χ0v) is 21.4. The maximum absolute atomic E-state index is 10.0. The summed E-state index contributed by atoms with van der Waals surface area (Å²) in [7, 11) is 5.76.